The van der Waals surface area contributed by atoms with E-state index in [0.717, 1.165) is 0 Å². The summed E-state index contributed by atoms with van der Waals surface area (Å²) in [6.45, 7) is 2.83. The summed E-state index contributed by atoms with van der Waals surface area (Å²) in [5.74, 6) is -0.322. The zero-order valence-corrected chi connectivity index (χ0v) is 11.9. The average Bonchev–Trinajstić information content (AvgIpc) is 2.98. The fraction of sp³-hybridized carbons (Fsp3) is 0.462. The van der Waals surface area contributed by atoms with E-state index in [1.165, 1.54) is 11.3 Å². The van der Waals surface area contributed by atoms with E-state index in [2.05, 4.69) is 5.32 Å². The van der Waals surface area contributed by atoms with Crippen LogP contribution in [-0.4, -0.2) is 59.2 Å². The number of amides is 3. The lowest BCUT2D eigenvalue weighted by Gasteiger charge is -2.44. The molecule has 7 heteroatoms. The molecule has 3 rings (SSSR count). The molecule has 0 spiro atoms. The van der Waals surface area contributed by atoms with Crippen molar-refractivity contribution in [1.82, 2.24) is 15.1 Å². The van der Waals surface area contributed by atoms with Crippen molar-refractivity contribution in [2.45, 2.75) is 19.0 Å². The molecule has 2 fully saturated rings. The Kier molecular flexibility index (Phi) is 3.21. The minimum atomic E-state index is -0.559. The fourth-order valence-electron chi connectivity index (χ4n) is 2.63. The van der Waals surface area contributed by atoms with Gasteiger partial charge in [0.2, 0.25) is 11.8 Å². The Morgan fingerprint density at radius 1 is 1.40 bits per heavy atom. The molecule has 1 aromatic heterocycles. The Bertz CT molecular complexity index is 557. The zero-order valence-electron chi connectivity index (χ0n) is 11.0. The lowest BCUT2D eigenvalue weighted by atomic mass is 10.0. The number of piperazine rings is 2. The number of carbonyl (C=O) groups is 3. The van der Waals surface area contributed by atoms with Crippen LogP contribution in [0.25, 0.3) is 0 Å². The third-order valence-corrected chi connectivity index (χ3v) is 4.57. The van der Waals surface area contributed by atoms with Gasteiger partial charge in [-0.05, 0) is 18.4 Å². The number of rotatable bonds is 1. The molecule has 106 valence electrons. The largest absolute Gasteiger partial charge is 0.343 e. The van der Waals surface area contributed by atoms with Crippen molar-refractivity contribution in [3.63, 3.8) is 0 Å². The Labute approximate surface area is 120 Å². The van der Waals surface area contributed by atoms with Crippen molar-refractivity contribution < 1.29 is 14.4 Å². The Balaban J connectivity index is 1.76. The summed E-state index contributed by atoms with van der Waals surface area (Å²) >= 11 is 1.38. The van der Waals surface area contributed by atoms with Crippen LogP contribution in [0.2, 0.25) is 0 Å². The van der Waals surface area contributed by atoms with Gasteiger partial charge in [0.1, 0.15) is 12.1 Å². The van der Waals surface area contributed by atoms with Gasteiger partial charge in [0.15, 0.2) is 0 Å². The van der Waals surface area contributed by atoms with Gasteiger partial charge in [0, 0.05) is 13.1 Å². The normalized spacial score (nSPS) is 26.2. The maximum atomic E-state index is 12.3. The van der Waals surface area contributed by atoms with Crippen LogP contribution in [0, 0.1) is 0 Å². The molecule has 3 heterocycles. The number of nitrogens with zero attached hydrogens (tertiary/aromatic N) is 2. The first-order valence-electron chi connectivity index (χ1n) is 6.51. The fourth-order valence-corrected chi connectivity index (χ4v) is 3.32. The summed E-state index contributed by atoms with van der Waals surface area (Å²) in [5.41, 5.74) is 0. The molecule has 2 saturated heterocycles. The molecule has 2 aliphatic rings. The summed E-state index contributed by atoms with van der Waals surface area (Å²) in [6.07, 6.45) is 0. The van der Waals surface area contributed by atoms with E-state index >= 15 is 0 Å². The minimum Gasteiger partial charge on any atom is -0.343 e. The Morgan fingerprint density at radius 3 is 2.90 bits per heavy atom. The SMILES string of the molecule is C[C@@H]1NC(=O)[C@@H]2CN(C(=O)c3cccs3)CCN2C1=O. The molecule has 0 radical (unpaired) electrons. The summed E-state index contributed by atoms with van der Waals surface area (Å²) in [7, 11) is 0. The quantitative estimate of drug-likeness (QED) is 0.787. The van der Waals surface area contributed by atoms with E-state index in [9.17, 15) is 14.4 Å². The van der Waals surface area contributed by atoms with Crippen LogP contribution >= 0.6 is 11.3 Å². The molecule has 0 unspecified atom stereocenters. The third-order valence-electron chi connectivity index (χ3n) is 3.71. The molecular formula is C13H15N3O3S. The summed E-state index contributed by atoms with van der Waals surface area (Å²) in [5, 5.41) is 4.51. The van der Waals surface area contributed by atoms with Gasteiger partial charge in [-0.3, -0.25) is 14.4 Å². The highest BCUT2D eigenvalue weighted by Gasteiger charge is 2.42. The molecule has 2 aliphatic heterocycles. The van der Waals surface area contributed by atoms with Crippen LogP contribution < -0.4 is 5.32 Å². The second-order valence-electron chi connectivity index (χ2n) is 5.01. The molecular weight excluding hydrogens is 278 g/mol. The van der Waals surface area contributed by atoms with E-state index < -0.39 is 12.1 Å². The molecule has 0 bridgehead atoms. The smallest absolute Gasteiger partial charge is 0.264 e. The summed E-state index contributed by atoms with van der Waals surface area (Å²) in [4.78, 5) is 40.2. The van der Waals surface area contributed by atoms with Gasteiger partial charge in [0.25, 0.3) is 5.91 Å². The molecule has 1 aromatic rings. The van der Waals surface area contributed by atoms with Gasteiger partial charge >= 0.3 is 0 Å². The van der Waals surface area contributed by atoms with Gasteiger partial charge < -0.3 is 15.1 Å². The number of thiophene rings is 1. The van der Waals surface area contributed by atoms with Crippen LogP contribution in [0.4, 0.5) is 0 Å². The maximum absolute atomic E-state index is 12.3. The average molecular weight is 293 g/mol. The van der Waals surface area contributed by atoms with Gasteiger partial charge in [0.05, 0.1) is 11.4 Å². The van der Waals surface area contributed by atoms with Gasteiger partial charge in [-0.2, -0.15) is 0 Å². The summed E-state index contributed by atoms with van der Waals surface area (Å²) < 4.78 is 0. The number of carbonyl (C=O) groups excluding carboxylic acids is 3. The van der Waals surface area contributed by atoms with Crippen molar-refractivity contribution in [3.05, 3.63) is 22.4 Å². The number of nitrogens with one attached hydrogen (secondary N) is 1. The van der Waals surface area contributed by atoms with Gasteiger partial charge in [-0.15, -0.1) is 11.3 Å². The molecule has 1 N–H and O–H groups in total. The van der Waals surface area contributed by atoms with E-state index in [4.69, 9.17) is 0 Å². The second-order valence-corrected chi connectivity index (χ2v) is 5.95. The predicted octanol–water partition coefficient (Wildman–Crippen LogP) is -0.0806. The molecule has 20 heavy (non-hydrogen) atoms. The van der Waals surface area contributed by atoms with E-state index in [1.54, 1.807) is 22.8 Å². The lowest BCUT2D eigenvalue weighted by Crippen LogP contribution is -2.69. The molecule has 0 aliphatic carbocycles. The molecule has 0 saturated carbocycles. The highest BCUT2D eigenvalue weighted by atomic mass is 32.1. The molecule has 2 atom stereocenters. The summed E-state index contributed by atoms with van der Waals surface area (Å²) in [6, 6.07) is 2.56. The van der Waals surface area contributed by atoms with Crippen molar-refractivity contribution in [2.24, 2.45) is 0 Å². The number of hydrogen-bond acceptors (Lipinski definition) is 4. The number of hydrogen-bond donors (Lipinski definition) is 1. The lowest BCUT2D eigenvalue weighted by molar-refractivity contribution is -0.151. The highest BCUT2D eigenvalue weighted by Crippen LogP contribution is 2.19. The maximum Gasteiger partial charge on any atom is 0.264 e. The van der Waals surface area contributed by atoms with Crippen molar-refractivity contribution in [2.75, 3.05) is 19.6 Å². The van der Waals surface area contributed by atoms with Crippen LogP contribution in [0.1, 0.15) is 16.6 Å². The second kappa shape index (κ2) is 4.90. The predicted molar refractivity (Wildman–Crippen MR) is 73.3 cm³/mol. The zero-order chi connectivity index (χ0) is 14.3. The van der Waals surface area contributed by atoms with Crippen molar-refractivity contribution >= 4 is 29.1 Å². The molecule has 3 amide bonds. The van der Waals surface area contributed by atoms with Gasteiger partial charge in [-0.1, -0.05) is 6.07 Å². The van der Waals surface area contributed by atoms with Crippen LogP contribution in [0.15, 0.2) is 17.5 Å². The van der Waals surface area contributed by atoms with E-state index in [1.807, 2.05) is 11.4 Å². The minimum absolute atomic E-state index is 0.0708. The first-order valence-corrected chi connectivity index (χ1v) is 7.39. The van der Waals surface area contributed by atoms with Gasteiger partial charge in [-0.25, -0.2) is 0 Å². The standard InChI is InChI=1S/C13H15N3O3S/c1-8-12(18)16-5-4-15(7-9(16)11(17)14-8)13(19)10-3-2-6-20-10/h2-3,6,8-9H,4-5,7H2,1H3,(H,14,17)/t8-,9-/m0/s1. The monoisotopic (exact) mass is 293 g/mol. The van der Waals surface area contributed by atoms with Crippen molar-refractivity contribution in [1.29, 1.82) is 0 Å². The number of fused-ring (bicyclic) bond motifs is 1. The topological polar surface area (TPSA) is 69.7 Å². The van der Waals surface area contributed by atoms with Crippen LogP contribution in [-0.2, 0) is 9.59 Å². The Hall–Kier alpha value is -1.89. The Morgan fingerprint density at radius 2 is 2.20 bits per heavy atom. The van der Waals surface area contributed by atoms with Crippen LogP contribution in [0.3, 0.4) is 0 Å². The first kappa shape index (κ1) is 13.1. The van der Waals surface area contributed by atoms with Crippen LogP contribution in [0.5, 0.6) is 0 Å². The van der Waals surface area contributed by atoms with Crippen molar-refractivity contribution in [3.8, 4) is 0 Å². The van der Waals surface area contributed by atoms with E-state index in [0.29, 0.717) is 18.0 Å². The van der Waals surface area contributed by atoms with E-state index in [-0.39, 0.29) is 24.3 Å². The molecule has 6 nitrogen and oxygen atoms in total. The molecule has 0 aromatic carbocycles. The first-order chi connectivity index (χ1) is 9.58. The third kappa shape index (κ3) is 2.07. The highest BCUT2D eigenvalue weighted by molar-refractivity contribution is 7.12.